The molecule has 0 aliphatic heterocycles. The Morgan fingerprint density at radius 2 is 1.64 bits per heavy atom. The molecular formula is C2H9N3O5S. The van der Waals surface area contributed by atoms with Gasteiger partial charge in [-0.2, -0.15) is 8.42 Å². The van der Waals surface area contributed by atoms with E-state index in [1.54, 1.807) is 0 Å². The first-order valence-electron chi connectivity index (χ1n) is 2.11. The molecule has 0 aliphatic rings. The monoisotopic (exact) mass is 187 g/mol. The van der Waals surface area contributed by atoms with E-state index in [0.29, 0.717) is 5.06 Å². The molecule has 0 aromatic rings. The molecule has 0 fully saturated rings. The minimum atomic E-state index is -4.67. The molecule has 0 aromatic heterocycles. The lowest BCUT2D eigenvalue weighted by Crippen LogP contribution is -2.29. The Balaban J connectivity index is 0. The number of nitrogens with one attached hydrogen (secondary N) is 1. The number of hydroxylamine groups is 2. The van der Waals surface area contributed by atoms with Gasteiger partial charge in [0.25, 0.3) is 0 Å². The van der Waals surface area contributed by atoms with E-state index in [0.717, 1.165) is 0 Å². The molecule has 6 N–H and O–H groups in total. The lowest BCUT2D eigenvalue weighted by atomic mass is 11.0. The summed E-state index contributed by atoms with van der Waals surface area (Å²) in [4.78, 5) is 0. The van der Waals surface area contributed by atoms with Gasteiger partial charge in [0.05, 0.1) is 0 Å². The van der Waals surface area contributed by atoms with Gasteiger partial charge >= 0.3 is 10.4 Å². The van der Waals surface area contributed by atoms with Crippen LogP contribution < -0.4 is 5.73 Å². The van der Waals surface area contributed by atoms with Crippen LogP contribution in [0, 0.1) is 5.41 Å². The van der Waals surface area contributed by atoms with Gasteiger partial charge in [-0.25, -0.2) is 5.06 Å². The molecule has 0 aliphatic carbocycles. The summed E-state index contributed by atoms with van der Waals surface area (Å²) in [5.41, 5.74) is 4.69. The van der Waals surface area contributed by atoms with Crippen LogP contribution in [0.3, 0.4) is 0 Å². The van der Waals surface area contributed by atoms with E-state index in [9.17, 15) is 0 Å². The van der Waals surface area contributed by atoms with Crippen LogP contribution in [-0.2, 0) is 10.4 Å². The molecule has 0 atom stereocenters. The van der Waals surface area contributed by atoms with Crippen LogP contribution >= 0.6 is 0 Å². The Labute approximate surface area is 63.3 Å². The van der Waals surface area contributed by atoms with Crippen LogP contribution in [0.25, 0.3) is 0 Å². The van der Waals surface area contributed by atoms with Crippen LogP contribution in [0.2, 0.25) is 0 Å². The first kappa shape index (κ1) is 12.7. The van der Waals surface area contributed by atoms with Crippen LogP contribution in [0.15, 0.2) is 0 Å². The topological polar surface area (TPSA) is 148 Å². The van der Waals surface area contributed by atoms with Crippen molar-refractivity contribution in [3.63, 3.8) is 0 Å². The number of guanidine groups is 1. The lowest BCUT2D eigenvalue weighted by molar-refractivity contribution is 0.0110. The Kier molecular flexibility index (Phi) is 5.62. The standard InChI is InChI=1S/C2H7N3O.H2O4S/c1-5(6)2(3)4;1-5(2,3)4/h6H,1H3,(H3,3,4);(H2,1,2,3,4). The highest BCUT2D eigenvalue weighted by molar-refractivity contribution is 7.79. The van der Waals surface area contributed by atoms with Crippen molar-refractivity contribution in [3.8, 4) is 0 Å². The molecule has 0 spiro atoms. The van der Waals surface area contributed by atoms with Crippen molar-refractivity contribution in [2.75, 3.05) is 7.05 Å². The molecule has 11 heavy (non-hydrogen) atoms. The van der Waals surface area contributed by atoms with Gasteiger partial charge in [-0.1, -0.05) is 0 Å². The van der Waals surface area contributed by atoms with Crippen molar-refractivity contribution in [2.45, 2.75) is 0 Å². The van der Waals surface area contributed by atoms with Gasteiger partial charge in [0.2, 0.25) is 5.96 Å². The highest BCUT2D eigenvalue weighted by Gasteiger charge is 1.85. The quantitative estimate of drug-likeness (QED) is 0.135. The third-order valence-electron chi connectivity index (χ3n) is 0.349. The summed E-state index contributed by atoms with van der Waals surface area (Å²) < 4.78 is 31.6. The number of hydrogen-bond donors (Lipinski definition) is 5. The lowest BCUT2D eigenvalue weighted by Gasteiger charge is -2.03. The number of nitrogens with two attached hydrogens (primary N) is 1. The smallest absolute Gasteiger partial charge is 0.368 e. The second kappa shape index (κ2) is 4.85. The minimum absolute atomic E-state index is 0.352. The second-order valence-corrected chi connectivity index (χ2v) is 2.25. The SMILES string of the molecule is CN(O)C(=N)N.O=S(=O)(O)O. The normalized spacial score (nSPS) is 9.45. The first-order chi connectivity index (χ1) is 4.64. The molecule has 0 radical (unpaired) electrons. The highest BCUT2D eigenvalue weighted by atomic mass is 32.3. The van der Waals surface area contributed by atoms with Crippen molar-refractivity contribution in [2.24, 2.45) is 5.73 Å². The zero-order valence-corrected chi connectivity index (χ0v) is 6.41. The number of hydrogen-bond acceptors (Lipinski definition) is 4. The molecule has 0 aromatic carbocycles. The number of rotatable bonds is 0. The highest BCUT2D eigenvalue weighted by Crippen LogP contribution is 1.61. The molecule has 0 bridgehead atoms. The predicted octanol–water partition coefficient (Wildman–Crippen LogP) is -1.45. The van der Waals surface area contributed by atoms with E-state index in [-0.39, 0.29) is 5.96 Å². The Hall–Kier alpha value is -0.900. The summed E-state index contributed by atoms with van der Waals surface area (Å²) in [6.07, 6.45) is 0. The molecule has 0 saturated heterocycles. The van der Waals surface area contributed by atoms with Crippen molar-refractivity contribution in [1.82, 2.24) is 5.06 Å². The van der Waals surface area contributed by atoms with Crippen molar-refractivity contribution in [3.05, 3.63) is 0 Å². The summed E-state index contributed by atoms with van der Waals surface area (Å²) >= 11 is 0. The maximum atomic E-state index is 8.74. The van der Waals surface area contributed by atoms with E-state index >= 15 is 0 Å². The van der Waals surface area contributed by atoms with Gasteiger partial charge < -0.3 is 5.73 Å². The molecule has 0 saturated carbocycles. The Bertz CT molecular complexity index is 200. The van der Waals surface area contributed by atoms with Crippen LogP contribution in [0.4, 0.5) is 0 Å². The fraction of sp³-hybridized carbons (Fsp3) is 0.500. The van der Waals surface area contributed by atoms with Crippen molar-refractivity contribution < 1.29 is 22.7 Å². The molecule has 0 heterocycles. The van der Waals surface area contributed by atoms with E-state index in [1.807, 2.05) is 0 Å². The fourth-order valence-electron chi connectivity index (χ4n) is 0. The average molecular weight is 187 g/mol. The van der Waals surface area contributed by atoms with E-state index in [1.165, 1.54) is 7.05 Å². The summed E-state index contributed by atoms with van der Waals surface area (Å²) in [6, 6.07) is 0. The van der Waals surface area contributed by atoms with Gasteiger partial charge in [-0.3, -0.25) is 19.7 Å². The van der Waals surface area contributed by atoms with Crippen LogP contribution in [0.5, 0.6) is 0 Å². The summed E-state index contributed by atoms with van der Waals surface area (Å²) in [5.74, 6) is -0.352. The third-order valence-corrected chi connectivity index (χ3v) is 0.349. The molecule has 0 unspecified atom stereocenters. The molecular weight excluding hydrogens is 178 g/mol. The molecule has 0 amide bonds. The Morgan fingerprint density at radius 1 is 1.55 bits per heavy atom. The molecule has 8 nitrogen and oxygen atoms in total. The first-order valence-corrected chi connectivity index (χ1v) is 3.50. The molecule has 9 heteroatoms. The number of nitrogens with zero attached hydrogens (tertiary/aromatic N) is 1. The fourth-order valence-corrected chi connectivity index (χ4v) is 0. The zero-order chi connectivity index (χ0) is 9.65. The maximum absolute atomic E-state index is 8.74. The largest absolute Gasteiger partial charge is 0.394 e. The van der Waals surface area contributed by atoms with Gasteiger partial charge in [0, 0.05) is 7.05 Å². The summed E-state index contributed by atoms with van der Waals surface area (Å²) in [5, 5.41) is 15.0. The average Bonchev–Trinajstić information content (AvgIpc) is 1.59. The van der Waals surface area contributed by atoms with Gasteiger partial charge in [-0.15, -0.1) is 0 Å². The van der Waals surface area contributed by atoms with Crippen molar-refractivity contribution >= 4 is 16.4 Å². The zero-order valence-electron chi connectivity index (χ0n) is 5.59. The van der Waals surface area contributed by atoms with Crippen LogP contribution in [0.1, 0.15) is 0 Å². The van der Waals surface area contributed by atoms with Crippen LogP contribution in [-0.4, -0.2) is 40.8 Å². The Morgan fingerprint density at radius 3 is 1.64 bits per heavy atom. The predicted molar refractivity (Wildman–Crippen MR) is 35.6 cm³/mol. The summed E-state index contributed by atoms with van der Waals surface area (Å²) in [7, 11) is -3.39. The van der Waals surface area contributed by atoms with Gasteiger partial charge in [-0.05, 0) is 0 Å². The van der Waals surface area contributed by atoms with E-state index < -0.39 is 10.4 Å². The van der Waals surface area contributed by atoms with E-state index in [2.05, 4.69) is 0 Å². The second-order valence-electron chi connectivity index (χ2n) is 1.36. The molecule has 0 rings (SSSR count). The maximum Gasteiger partial charge on any atom is 0.394 e. The third kappa shape index (κ3) is 47.7. The van der Waals surface area contributed by atoms with Gasteiger partial charge in [0.1, 0.15) is 0 Å². The van der Waals surface area contributed by atoms with E-state index in [4.69, 9.17) is 33.9 Å². The van der Waals surface area contributed by atoms with Gasteiger partial charge in [0.15, 0.2) is 0 Å². The van der Waals surface area contributed by atoms with Crippen molar-refractivity contribution in [1.29, 1.82) is 5.41 Å². The summed E-state index contributed by atoms with van der Waals surface area (Å²) in [6.45, 7) is 0. The molecule has 68 valence electrons. The minimum Gasteiger partial charge on any atom is -0.368 e.